The molecule has 6 aromatic rings. The highest BCUT2D eigenvalue weighted by atomic mass is 14.7. The molecular weight excluding hydrogens is 573 g/mol. The van der Waals surface area contributed by atoms with Crippen molar-refractivity contribution < 1.29 is 0 Å². The Morgan fingerprint density at radius 1 is 0.319 bits per heavy atom. The molecule has 0 aliphatic heterocycles. The van der Waals surface area contributed by atoms with Crippen LogP contribution in [0.4, 0.5) is 22.7 Å². The number of rotatable bonds is 0. The largest absolute Gasteiger partial charge is 0.397 e. The highest BCUT2D eigenvalue weighted by molar-refractivity contribution is 5.88. The Kier molecular flexibility index (Phi) is 5.03. The fourth-order valence-corrected chi connectivity index (χ4v) is 10.4. The number of nitrogens with two attached hydrogens (primary N) is 4. The van der Waals surface area contributed by atoms with E-state index in [4.69, 9.17) is 22.9 Å². The molecule has 0 saturated heterocycles. The lowest BCUT2D eigenvalue weighted by atomic mass is 9.49. The van der Waals surface area contributed by atoms with Crippen LogP contribution >= 0.6 is 0 Å². The number of anilines is 4. The van der Waals surface area contributed by atoms with Gasteiger partial charge in [0.1, 0.15) is 0 Å². The first kappa shape index (κ1) is 26.7. The summed E-state index contributed by atoms with van der Waals surface area (Å²) in [5.74, 6) is 0. The lowest BCUT2D eigenvalue weighted by Gasteiger charge is -2.54. The van der Waals surface area contributed by atoms with Gasteiger partial charge < -0.3 is 22.9 Å². The quantitative estimate of drug-likeness (QED) is 0.130. The van der Waals surface area contributed by atoms with Gasteiger partial charge >= 0.3 is 0 Å². The minimum atomic E-state index is -0.323. The van der Waals surface area contributed by atoms with Crippen molar-refractivity contribution in [3.05, 3.63) is 166 Å². The molecule has 4 aliphatic rings. The molecule has 0 bridgehead atoms. The van der Waals surface area contributed by atoms with Crippen molar-refractivity contribution in [2.45, 2.75) is 41.9 Å². The average Bonchev–Trinajstić information content (AvgIpc) is 3.55. The molecule has 4 nitrogen and oxygen atoms in total. The monoisotopic (exact) mass is 608 g/mol. The van der Waals surface area contributed by atoms with Crippen LogP contribution < -0.4 is 22.9 Å². The second kappa shape index (κ2) is 8.86. The molecule has 4 heteroatoms. The Balaban J connectivity index is 1.30. The second-order valence-electron chi connectivity index (χ2n) is 14.1. The normalized spacial score (nSPS) is 19.9. The Morgan fingerprint density at radius 2 is 0.596 bits per heavy atom. The highest BCUT2D eigenvalue weighted by Gasteiger charge is 2.58. The standard InChI is InChI=1S/C43H36N4/c44-37-21-33-35(23-39(37)46)42(29-13-5-1-9-25(29)26-10-2-6-14-30(26)42)19-17-41(33)18-20-43(36-24-40(47)38(45)22-34(36)41)31-15-7-3-11-27(31)28-12-4-8-16-32(28)43/h1-16,21-24H,17-20,44-47H2. The van der Waals surface area contributed by atoms with Gasteiger partial charge in [-0.2, -0.15) is 0 Å². The minimum Gasteiger partial charge on any atom is -0.397 e. The molecule has 3 spiro atoms. The number of benzene rings is 6. The predicted octanol–water partition coefficient (Wildman–Crippen LogP) is 8.52. The maximum absolute atomic E-state index is 6.76. The molecule has 4 aliphatic carbocycles. The molecule has 228 valence electrons. The van der Waals surface area contributed by atoms with Crippen LogP contribution in [0.1, 0.15) is 70.2 Å². The summed E-state index contributed by atoms with van der Waals surface area (Å²) in [4.78, 5) is 0. The molecule has 8 N–H and O–H groups in total. The summed E-state index contributed by atoms with van der Waals surface area (Å²) in [6.45, 7) is 0. The number of hydrogen-bond acceptors (Lipinski definition) is 4. The van der Waals surface area contributed by atoms with Crippen molar-refractivity contribution in [2.24, 2.45) is 0 Å². The first-order valence-corrected chi connectivity index (χ1v) is 16.7. The molecule has 6 aromatic carbocycles. The third-order valence-corrected chi connectivity index (χ3v) is 12.4. The lowest BCUT2D eigenvalue weighted by molar-refractivity contribution is 0.300. The summed E-state index contributed by atoms with van der Waals surface area (Å²) in [7, 11) is 0. The van der Waals surface area contributed by atoms with E-state index in [1.165, 1.54) is 66.8 Å². The van der Waals surface area contributed by atoms with E-state index in [1.54, 1.807) is 0 Å². The van der Waals surface area contributed by atoms with Crippen molar-refractivity contribution in [3.63, 3.8) is 0 Å². The molecule has 47 heavy (non-hydrogen) atoms. The van der Waals surface area contributed by atoms with Crippen molar-refractivity contribution in [3.8, 4) is 22.3 Å². The second-order valence-corrected chi connectivity index (χ2v) is 14.1. The Morgan fingerprint density at radius 3 is 0.915 bits per heavy atom. The van der Waals surface area contributed by atoms with Gasteiger partial charge in [-0.05, 0) is 117 Å². The van der Waals surface area contributed by atoms with Gasteiger partial charge in [0.15, 0.2) is 0 Å². The van der Waals surface area contributed by atoms with Gasteiger partial charge in [-0.1, -0.05) is 97.1 Å². The molecule has 0 amide bonds. The maximum Gasteiger partial charge on any atom is 0.0551 e. The Bertz CT molecular complexity index is 2080. The molecule has 0 fully saturated rings. The van der Waals surface area contributed by atoms with Crippen molar-refractivity contribution >= 4 is 22.7 Å². The topological polar surface area (TPSA) is 104 Å². The van der Waals surface area contributed by atoms with E-state index in [0.29, 0.717) is 22.7 Å². The van der Waals surface area contributed by atoms with Gasteiger partial charge in [0.2, 0.25) is 0 Å². The maximum atomic E-state index is 6.76. The number of nitrogen functional groups attached to an aromatic ring is 4. The Labute approximate surface area is 275 Å². The SMILES string of the molecule is Nc1cc2c(cc1N)C1(CCC23CCC2(c4ccccc4-c4ccccc42)c2cc(N)c(N)cc23)c2ccccc2-c2ccccc21. The number of fused-ring (bicyclic) bond motifs is 16. The molecule has 0 unspecified atom stereocenters. The summed E-state index contributed by atoms with van der Waals surface area (Å²) in [6.07, 6.45) is 3.78. The van der Waals surface area contributed by atoms with Gasteiger partial charge in [0.05, 0.1) is 22.7 Å². The molecule has 0 aromatic heterocycles. The van der Waals surface area contributed by atoms with Gasteiger partial charge in [0, 0.05) is 16.2 Å². The highest BCUT2D eigenvalue weighted by Crippen LogP contribution is 2.67. The first-order valence-electron chi connectivity index (χ1n) is 16.7. The van der Waals surface area contributed by atoms with E-state index in [2.05, 4.69) is 121 Å². The van der Waals surface area contributed by atoms with Gasteiger partial charge in [-0.15, -0.1) is 0 Å². The minimum absolute atomic E-state index is 0.316. The summed E-state index contributed by atoms with van der Waals surface area (Å²) in [5, 5.41) is 0. The summed E-state index contributed by atoms with van der Waals surface area (Å²) >= 11 is 0. The van der Waals surface area contributed by atoms with Gasteiger partial charge in [0.25, 0.3) is 0 Å². The smallest absolute Gasteiger partial charge is 0.0551 e. The van der Waals surface area contributed by atoms with Crippen LogP contribution in [0.3, 0.4) is 0 Å². The van der Waals surface area contributed by atoms with Crippen LogP contribution in [0.25, 0.3) is 22.3 Å². The molecular formula is C43H36N4. The van der Waals surface area contributed by atoms with Crippen LogP contribution in [0.5, 0.6) is 0 Å². The summed E-state index contributed by atoms with van der Waals surface area (Å²) < 4.78 is 0. The van der Waals surface area contributed by atoms with E-state index in [9.17, 15) is 0 Å². The summed E-state index contributed by atoms with van der Waals surface area (Å²) in [6, 6.07) is 44.4. The average molecular weight is 609 g/mol. The Hall–Kier alpha value is -5.48. The molecule has 0 radical (unpaired) electrons. The van der Waals surface area contributed by atoms with Crippen LogP contribution in [0, 0.1) is 0 Å². The van der Waals surface area contributed by atoms with Crippen molar-refractivity contribution in [2.75, 3.05) is 22.9 Å². The van der Waals surface area contributed by atoms with E-state index in [0.717, 1.165) is 25.7 Å². The molecule has 0 saturated carbocycles. The predicted molar refractivity (Wildman–Crippen MR) is 193 cm³/mol. The van der Waals surface area contributed by atoms with E-state index in [1.807, 2.05) is 0 Å². The number of hydrogen-bond donors (Lipinski definition) is 4. The third-order valence-electron chi connectivity index (χ3n) is 12.4. The zero-order valence-electron chi connectivity index (χ0n) is 26.2. The van der Waals surface area contributed by atoms with Crippen molar-refractivity contribution in [1.29, 1.82) is 0 Å². The van der Waals surface area contributed by atoms with Crippen LogP contribution in [0.2, 0.25) is 0 Å². The van der Waals surface area contributed by atoms with Crippen molar-refractivity contribution in [1.82, 2.24) is 0 Å². The van der Waals surface area contributed by atoms with Crippen LogP contribution in [-0.2, 0) is 16.2 Å². The van der Waals surface area contributed by atoms with Gasteiger partial charge in [-0.25, -0.2) is 0 Å². The molecule has 0 heterocycles. The zero-order chi connectivity index (χ0) is 31.7. The summed E-state index contributed by atoms with van der Waals surface area (Å²) in [5.41, 5.74) is 44.2. The van der Waals surface area contributed by atoms with Crippen LogP contribution in [0.15, 0.2) is 121 Å². The van der Waals surface area contributed by atoms with Crippen LogP contribution in [-0.4, -0.2) is 0 Å². The lowest BCUT2D eigenvalue weighted by Crippen LogP contribution is -2.47. The molecule has 10 rings (SSSR count). The first-order chi connectivity index (χ1) is 22.9. The fraction of sp³-hybridized carbons (Fsp3) is 0.163. The zero-order valence-corrected chi connectivity index (χ0v) is 26.2. The van der Waals surface area contributed by atoms with E-state index < -0.39 is 0 Å². The van der Waals surface area contributed by atoms with E-state index >= 15 is 0 Å². The third kappa shape index (κ3) is 3.04. The fourth-order valence-electron chi connectivity index (χ4n) is 10.4. The molecule has 0 atom stereocenters. The van der Waals surface area contributed by atoms with Gasteiger partial charge in [-0.3, -0.25) is 0 Å². The van der Waals surface area contributed by atoms with E-state index in [-0.39, 0.29) is 16.2 Å².